The van der Waals surface area contributed by atoms with Crippen LogP contribution in [0.1, 0.15) is 33.0 Å². The molecule has 0 bridgehead atoms. The summed E-state index contributed by atoms with van der Waals surface area (Å²) in [6, 6.07) is 5.64. The SMILES string of the molecule is CN(Cc1nnc2ccccn12)C(=O)CCNC(=O)C(C)(C)C. The number of hydrogen-bond donors (Lipinski definition) is 1. The number of nitrogens with zero attached hydrogens (tertiary/aromatic N) is 4. The first-order chi connectivity index (χ1) is 10.8. The molecule has 0 aromatic carbocycles. The average molecular weight is 317 g/mol. The molecule has 0 saturated carbocycles. The van der Waals surface area contributed by atoms with Gasteiger partial charge in [0.2, 0.25) is 11.8 Å². The highest BCUT2D eigenvalue weighted by molar-refractivity contribution is 5.82. The quantitative estimate of drug-likeness (QED) is 0.900. The molecule has 0 saturated heterocycles. The van der Waals surface area contributed by atoms with E-state index < -0.39 is 5.41 Å². The molecule has 0 unspecified atom stereocenters. The second-order valence-electron chi connectivity index (χ2n) is 6.55. The molecule has 0 atom stereocenters. The van der Waals surface area contributed by atoms with Crippen molar-refractivity contribution < 1.29 is 9.59 Å². The van der Waals surface area contributed by atoms with Crippen molar-refractivity contribution in [1.82, 2.24) is 24.8 Å². The normalized spacial score (nSPS) is 11.5. The lowest BCUT2D eigenvalue weighted by Crippen LogP contribution is -2.37. The molecular weight excluding hydrogens is 294 g/mol. The number of carbonyl (C=O) groups excluding carboxylic acids is 2. The van der Waals surface area contributed by atoms with Gasteiger partial charge in [-0.2, -0.15) is 0 Å². The first-order valence-corrected chi connectivity index (χ1v) is 7.60. The van der Waals surface area contributed by atoms with Crippen LogP contribution in [0.4, 0.5) is 0 Å². The van der Waals surface area contributed by atoms with E-state index in [4.69, 9.17) is 0 Å². The number of hydrogen-bond acceptors (Lipinski definition) is 4. The van der Waals surface area contributed by atoms with E-state index in [0.717, 1.165) is 5.65 Å². The van der Waals surface area contributed by atoms with Gasteiger partial charge in [-0.1, -0.05) is 26.8 Å². The maximum absolute atomic E-state index is 12.2. The van der Waals surface area contributed by atoms with Gasteiger partial charge in [-0.3, -0.25) is 14.0 Å². The summed E-state index contributed by atoms with van der Waals surface area (Å²) < 4.78 is 1.85. The Morgan fingerprint density at radius 3 is 2.70 bits per heavy atom. The summed E-state index contributed by atoms with van der Waals surface area (Å²) in [6.07, 6.45) is 2.13. The van der Waals surface area contributed by atoms with Gasteiger partial charge in [0, 0.05) is 31.6 Å². The molecule has 2 aromatic rings. The third-order valence-corrected chi connectivity index (χ3v) is 3.49. The number of amides is 2. The minimum atomic E-state index is -0.449. The second-order valence-corrected chi connectivity index (χ2v) is 6.55. The standard InChI is InChI=1S/C16H23N5O2/c1-16(2,3)15(23)17-9-8-14(22)20(4)11-13-19-18-12-7-5-6-10-21(12)13/h5-7,10H,8-9,11H2,1-4H3,(H,17,23). The van der Waals surface area contributed by atoms with Crippen LogP contribution < -0.4 is 5.32 Å². The van der Waals surface area contributed by atoms with Gasteiger partial charge in [0.05, 0.1) is 6.54 Å². The highest BCUT2D eigenvalue weighted by Crippen LogP contribution is 2.12. The molecule has 0 aliphatic carbocycles. The van der Waals surface area contributed by atoms with Crippen molar-refractivity contribution in [3.05, 3.63) is 30.2 Å². The summed E-state index contributed by atoms with van der Waals surface area (Å²) in [5.74, 6) is 0.596. The van der Waals surface area contributed by atoms with E-state index in [0.29, 0.717) is 18.9 Å². The summed E-state index contributed by atoms with van der Waals surface area (Å²) in [6.45, 7) is 6.23. The lowest BCUT2D eigenvalue weighted by Gasteiger charge is -2.19. The first kappa shape index (κ1) is 16.9. The molecule has 2 heterocycles. The molecule has 2 rings (SSSR count). The Labute approximate surface area is 135 Å². The smallest absolute Gasteiger partial charge is 0.225 e. The van der Waals surface area contributed by atoms with Crippen LogP contribution in [0.5, 0.6) is 0 Å². The largest absolute Gasteiger partial charge is 0.355 e. The summed E-state index contributed by atoms with van der Waals surface area (Å²) in [4.78, 5) is 25.5. The average Bonchev–Trinajstić information content (AvgIpc) is 2.89. The van der Waals surface area contributed by atoms with E-state index >= 15 is 0 Å². The number of nitrogens with one attached hydrogen (secondary N) is 1. The van der Waals surface area contributed by atoms with Crippen LogP contribution in [-0.4, -0.2) is 44.9 Å². The van der Waals surface area contributed by atoms with Gasteiger partial charge in [0.25, 0.3) is 0 Å². The van der Waals surface area contributed by atoms with Crippen LogP contribution in [0.25, 0.3) is 5.65 Å². The molecule has 7 heteroatoms. The molecule has 0 radical (unpaired) electrons. The van der Waals surface area contributed by atoms with Gasteiger partial charge in [-0.05, 0) is 12.1 Å². The summed E-state index contributed by atoms with van der Waals surface area (Å²) in [7, 11) is 1.72. The molecule has 23 heavy (non-hydrogen) atoms. The summed E-state index contributed by atoms with van der Waals surface area (Å²) >= 11 is 0. The Hall–Kier alpha value is -2.44. The van der Waals surface area contributed by atoms with Gasteiger partial charge in [0.1, 0.15) is 0 Å². The predicted octanol–water partition coefficient (Wildman–Crippen LogP) is 1.24. The summed E-state index contributed by atoms with van der Waals surface area (Å²) in [5.41, 5.74) is 0.302. The molecule has 0 aliphatic rings. The van der Waals surface area contributed by atoms with E-state index in [1.54, 1.807) is 11.9 Å². The zero-order valence-corrected chi connectivity index (χ0v) is 14.0. The molecule has 0 aliphatic heterocycles. The molecule has 2 amide bonds. The molecule has 0 fully saturated rings. The van der Waals surface area contributed by atoms with E-state index in [1.165, 1.54) is 0 Å². The number of fused-ring (bicyclic) bond motifs is 1. The van der Waals surface area contributed by atoms with Gasteiger partial charge < -0.3 is 10.2 Å². The fourth-order valence-corrected chi connectivity index (χ4v) is 2.04. The van der Waals surface area contributed by atoms with Crippen LogP contribution in [-0.2, 0) is 16.1 Å². The highest BCUT2D eigenvalue weighted by atomic mass is 16.2. The first-order valence-electron chi connectivity index (χ1n) is 7.60. The number of pyridine rings is 1. The van der Waals surface area contributed by atoms with Crippen molar-refractivity contribution in [1.29, 1.82) is 0 Å². The molecule has 2 aromatic heterocycles. The zero-order valence-electron chi connectivity index (χ0n) is 14.0. The van der Waals surface area contributed by atoms with E-state index in [-0.39, 0.29) is 18.2 Å². The van der Waals surface area contributed by atoms with Crippen LogP contribution in [0.15, 0.2) is 24.4 Å². The van der Waals surface area contributed by atoms with E-state index in [2.05, 4.69) is 15.5 Å². The van der Waals surface area contributed by atoms with Crippen LogP contribution >= 0.6 is 0 Å². The van der Waals surface area contributed by atoms with Gasteiger partial charge in [0.15, 0.2) is 11.5 Å². The summed E-state index contributed by atoms with van der Waals surface area (Å²) in [5, 5.41) is 10.9. The van der Waals surface area contributed by atoms with Crippen LogP contribution in [0.2, 0.25) is 0 Å². The van der Waals surface area contributed by atoms with Crippen molar-refractivity contribution in [2.24, 2.45) is 5.41 Å². The molecular formula is C16H23N5O2. The van der Waals surface area contributed by atoms with Gasteiger partial charge >= 0.3 is 0 Å². The van der Waals surface area contributed by atoms with Crippen molar-refractivity contribution in [3.63, 3.8) is 0 Å². The maximum atomic E-state index is 12.2. The Balaban J connectivity index is 1.87. The Morgan fingerprint density at radius 1 is 1.26 bits per heavy atom. The molecule has 124 valence electrons. The van der Waals surface area contributed by atoms with Crippen LogP contribution in [0, 0.1) is 5.41 Å². The Morgan fingerprint density at radius 2 is 2.00 bits per heavy atom. The van der Waals surface area contributed by atoms with Crippen molar-refractivity contribution >= 4 is 17.5 Å². The fourth-order valence-electron chi connectivity index (χ4n) is 2.04. The van der Waals surface area contributed by atoms with Gasteiger partial charge in [-0.25, -0.2) is 0 Å². The molecule has 0 spiro atoms. The minimum absolute atomic E-state index is 0.0492. The van der Waals surface area contributed by atoms with E-state index in [1.807, 2.05) is 49.6 Å². The Kier molecular flexibility index (Phi) is 4.98. The second kappa shape index (κ2) is 6.76. The van der Waals surface area contributed by atoms with Crippen molar-refractivity contribution in [3.8, 4) is 0 Å². The lowest BCUT2D eigenvalue weighted by molar-refractivity contribution is -0.131. The van der Waals surface area contributed by atoms with E-state index in [9.17, 15) is 9.59 Å². The maximum Gasteiger partial charge on any atom is 0.225 e. The van der Waals surface area contributed by atoms with Crippen molar-refractivity contribution in [2.75, 3.05) is 13.6 Å². The van der Waals surface area contributed by atoms with Crippen LogP contribution in [0.3, 0.4) is 0 Å². The lowest BCUT2D eigenvalue weighted by atomic mass is 9.96. The molecule has 1 N–H and O–H groups in total. The highest BCUT2D eigenvalue weighted by Gasteiger charge is 2.21. The van der Waals surface area contributed by atoms with Crippen molar-refractivity contribution in [2.45, 2.75) is 33.7 Å². The fraction of sp³-hybridized carbons (Fsp3) is 0.500. The predicted molar refractivity (Wildman–Crippen MR) is 86.5 cm³/mol. The monoisotopic (exact) mass is 317 g/mol. The number of carbonyl (C=O) groups is 2. The molecule has 7 nitrogen and oxygen atoms in total. The Bertz CT molecular complexity index is 702. The zero-order chi connectivity index (χ0) is 17.0. The number of aromatic nitrogens is 3. The minimum Gasteiger partial charge on any atom is -0.355 e. The third-order valence-electron chi connectivity index (χ3n) is 3.49. The third kappa shape index (κ3) is 4.28. The van der Waals surface area contributed by atoms with Gasteiger partial charge in [-0.15, -0.1) is 10.2 Å². The topological polar surface area (TPSA) is 79.6 Å². The number of rotatable bonds is 5.